The van der Waals surface area contributed by atoms with Crippen LogP contribution in [0.4, 0.5) is 10.1 Å². The number of benzene rings is 2. The Morgan fingerprint density at radius 2 is 1.88 bits per heavy atom. The van der Waals surface area contributed by atoms with E-state index in [0.717, 1.165) is 12.0 Å². The minimum absolute atomic E-state index is 0.0709. The van der Waals surface area contributed by atoms with Gasteiger partial charge in [0, 0.05) is 11.3 Å². The summed E-state index contributed by atoms with van der Waals surface area (Å²) >= 11 is 1.58. The lowest BCUT2D eigenvalue weighted by Gasteiger charge is -2.29. The highest BCUT2D eigenvalue weighted by Crippen LogP contribution is 2.33. The van der Waals surface area contributed by atoms with Gasteiger partial charge in [0.15, 0.2) is 0 Å². The molecule has 4 nitrogen and oxygen atoms in total. The van der Waals surface area contributed by atoms with Gasteiger partial charge in [-0.2, -0.15) is 0 Å². The van der Waals surface area contributed by atoms with Gasteiger partial charge in [-0.25, -0.2) is 4.39 Å². The first-order valence-corrected chi connectivity index (χ1v) is 9.63. The molecule has 1 N–H and O–H groups in total. The van der Waals surface area contributed by atoms with Crippen molar-refractivity contribution in [3.8, 4) is 0 Å². The van der Waals surface area contributed by atoms with Crippen molar-refractivity contribution in [1.82, 2.24) is 4.90 Å². The molecule has 1 fully saturated rings. The highest BCUT2D eigenvalue weighted by molar-refractivity contribution is 8.00. The molecule has 0 saturated carbocycles. The van der Waals surface area contributed by atoms with Gasteiger partial charge >= 0.3 is 0 Å². The zero-order valence-corrected chi connectivity index (χ0v) is 15.6. The molecule has 2 aromatic carbocycles. The summed E-state index contributed by atoms with van der Waals surface area (Å²) in [5.41, 5.74) is 1.60. The Hall–Kier alpha value is -2.34. The summed E-state index contributed by atoms with van der Waals surface area (Å²) in [6.45, 7) is 3.87. The lowest BCUT2D eigenvalue weighted by atomic mass is 10.1. The first-order valence-electron chi connectivity index (χ1n) is 8.58. The second-order valence-corrected chi connectivity index (χ2v) is 7.42. The van der Waals surface area contributed by atoms with Crippen LogP contribution in [0.3, 0.4) is 0 Å². The zero-order valence-electron chi connectivity index (χ0n) is 14.7. The number of carbonyl (C=O) groups excluding carboxylic acids is 2. The summed E-state index contributed by atoms with van der Waals surface area (Å²) in [6.07, 6.45) is 0.742. The van der Waals surface area contributed by atoms with Crippen molar-refractivity contribution in [1.29, 1.82) is 0 Å². The molecule has 26 heavy (non-hydrogen) atoms. The first-order chi connectivity index (χ1) is 12.5. The third-order valence-electron chi connectivity index (χ3n) is 4.49. The van der Waals surface area contributed by atoms with Crippen LogP contribution in [0.2, 0.25) is 0 Å². The van der Waals surface area contributed by atoms with Gasteiger partial charge < -0.3 is 10.2 Å². The fourth-order valence-corrected chi connectivity index (χ4v) is 4.44. The van der Waals surface area contributed by atoms with E-state index in [1.54, 1.807) is 34.9 Å². The van der Waals surface area contributed by atoms with E-state index in [1.165, 1.54) is 12.1 Å². The van der Waals surface area contributed by atoms with Gasteiger partial charge in [0.05, 0.1) is 11.1 Å². The van der Waals surface area contributed by atoms with Crippen LogP contribution < -0.4 is 5.32 Å². The van der Waals surface area contributed by atoms with E-state index < -0.39 is 11.9 Å². The molecule has 0 unspecified atom stereocenters. The number of hydrogen-bond donors (Lipinski definition) is 1. The topological polar surface area (TPSA) is 49.4 Å². The number of halogens is 1. The average Bonchev–Trinajstić information content (AvgIpc) is 3.07. The number of amides is 2. The molecular formula is C20H21FN2O2S. The maximum absolute atomic E-state index is 13.9. The quantitative estimate of drug-likeness (QED) is 0.880. The van der Waals surface area contributed by atoms with Crippen LogP contribution in [0, 0.1) is 12.7 Å². The number of anilines is 1. The van der Waals surface area contributed by atoms with Crippen LogP contribution in [0.15, 0.2) is 48.5 Å². The molecule has 136 valence electrons. The number of nitrogens with zero attached hydrogens (tertiary/aromatic N) is 1. The number of nitrogens with one attached hydrogen (secondary N) is 1. The second-order valence-electron chi connectivity index (χ2n) is 6.21. The molecule has 1 aliphatic rings. The predicted octanol–water partition coefficient (Wildman–Crippen LogP) is 4.07. The van der Waals surface area contributed by atoms with Gasteiger partial charge in [-0.05, 0) is 37.1 Å². The Bertz CT molecular complexity index is 827. The average molecular weight is 372 g/mol. The van der Waals surface area contributed by atoms with E-state index in [-0.39, 0.29) is 22.9 Å². The minimum atomic E-state index is -0.628. The first kappa shape index (κ1) is 18.5. The van der Waals surface area contributed by atoms with Gasteiger partial charge in [-0.1, -0.05) is 37.3 Å². The fraction of sp³-hybridized carbons (Fsp3) is 0.300. The molecule has 0 bridgehead atoms. The number of thioether (sulfide) groups is 1. The normalized spacial score (nSPS) is 19.4. The second kappa shape index (κ2) is 7.91. The van der Waals surface area contributed by atoms with Crippen LogP contribution in [-0.2, 0) is 4.79 Å². The van der Waals surface area contributed by atoms with E-state index in [0.29, 0.717) is 11.3 Å². The number of rotatable bonds is 4. The molecule has 2 atom stereocenters. The maximum Gasteiger partial charge on any atom is 0.255 e. The van der Waals surface area contributed by atoms with Gasteiger partial charge in [0.1, 0.15) is 11.9 Å². The molecule has 0 aliphatic carbocycles. The monoisotopic (exact) mass is 372 g/mol. The maximum atomic E-state index is 13.9. The number of hydrogen-bond acceptors (Lipinski definition) is 3. The highest BCUT2D eigenvalue weighted by atomic mass is 32.2. The van der Waals surface area contributed by atoms with Crippen molar-refractivity contribution >= 4 is 29.3 Å². The smallest absolute Gasteiger partial charge is 0.255 e. The molecule has 2 amide bonds. The third kappa shape index (κ3) is 3.60. The van der Waals surface area contributed by atoms with Crippen molar-refractivity contribution in [2.45, 2.75) is 31.7 Å². The molecule has 0 spiro atoms. The molecule has 3 rings (SSSR count). The van der Waals surface area contributed by atoms with Crippen LogP contribution in [0.5, 0.6) is 0 Å². The molecule has 0 radical (unpaired) electrons. The van der Waals surface area contributed by atoms with Crippen molar-refractivity contribution in [2.24, 2.45) is 0 Å². The molecule has 6 heteroatoms. The van der Waals surface area contributed by atoms with Crippen LogP contribution in [0.25, 0.3) is 0 Å². The third-order valence-corrected chi connectivity index (χ3v) is 5.94. The Kier molecular flexibility index (Phi) is 5.61. The van der Waals surface area contributed by atoms with E-state index in [2.05, 4.69) is 5.32 Å². The summed E-state index contributed by atoms with van der Waals surface area (Å²) in [7, 11) is 0. The summed E-state index contributed by atoms with van der Waals surface area (Å²) < 4.78 is 13.9. The van der Waals surface area contributed by atoms with Crippen LogP contribution in [0.1, 0.15) is 29.3 Å². The van der Waals surface area contributed by atoms with E-state index in [4.69, 9.17) is 0 Å². The summed E-state index contributed by atoms with van der Waals surface area (Å²) in [5.74, 6) is -0.513. The van der Waals surface area contributed by atoms with Gasteiger partial charge in [0.25, 0.3) is 5.91 Å². The van der Waals surface area contributed by atoms with E-state index >= 15 is 0 Å². The van der Waals surface area contributed by atoms with Gasteiger partial charge in [-0.15, -0.1) is 11.8 Å². The van der Waals surface area contributed by atoms with Crippen LogP contribution in [-0.4, -0.2) is 33.9 Å². The summed E-state index contributed by atoms with van der Waals surface area (Å²) in [6, 6.07) is 12.8. The van der Waals surface area contributed by atoms with Crippen LogP contribution >= 0.6 is 11.8 Å². The number of carbonyl (C=O) groups is 2. The standard InChI is InChI=1S/C20H21FN2O2S/c1-3-18-23(20(25)14-9-5-4-8-13(14)2)17(12-26-18)19(24)22-16-11-7-6-10-15(16)21/h4-11,17-18H,3,12H2,1-2H3,(H,22,24)/t17-,18+/m1/s1. The number of aryl methyl sites for hydroxylation is 1. The Morgan fingerprint density at radius 1 is 1.19 bits per heavy atom. The molecule has 1 aliphatic heterocycles. The molecule has 2 aromatic rings. The van der Waals surface area contributed by atoms with E-state index in [9.17, 15) is 14.0 Å². The van der Waals surface area contributed by atoms with Crippen molar-refractivity contribution in [2.75, 3.05) is 11.1 Å². The largest absolute Gasteiger partial charge is 0.322 e. The van der Waals surface area contributed by atoms with E-state index in [1.807, 2.05) is 32.0 Å². The predicted molar refractivity (Wildman–Crippen MR) is 103 cm³/mol. The Balaban J connectivity index is 1.86. The van der Waals surface area contributed by atoms with Crippen molar-refractivity contribution < 1.29 is 14.0 Å². The Morgan fingerprint density at radius 3 is 2.58 bits per heavy atom. The number of para-hydroxylation sites is 1. The summed E-state index contributed by atoms with van der Waals surface area (Å²) in [4.78, 5) is 27.5. The molecule has 1 saturated heterocycles. The Labute approximate surface area is 156 Å². The van der Waals surface area contributed by atoms with Crippen molar-refractivity contribution in [3.63, 3.8) is 0 Å². The SMILES string of the molecule is CC[C@@H]1SC[C@H](C(=O)Nc2ccccc2F)N1C(=O)c1ccccc1C. The lowest BCUT2D eigenvalue weighted by molar-refractivity contribution is -0.119. The fourth-order valence-electron chi connectivity index (χ4n) is 3.08. The molecule has 1 heterocycles. The zero-order chi connectivity index (χ0) is 18.7. The molecule has 0 aromatic heterocycles. The van der Waals surface area contributed by atoms with Gasteiger partial charge in [0.2, 0.25) is 5.91 Å². The highest BCUT2D eigenvalue weighted by Gasteiger charge is 2.41. The van der Waals surface area contributed by atoms with Crippen molar-refractivity contribution in [3.05, 3.63) is 65.5 Å². The molecular weight excluding hydrogens is 351 g/mol. The summed E-state index contributed by atoms with van der Waals surface area (Å²) in [5, 5.41) is 2.56. The minimum Gasteiger partial charge on any atom is -0.322 e. The van der Waals surface area contributed by atoms with Gasteiger partial charge in [-0.3, -0.25) is 9.59 Å². The lowest BCUT2D eigenvalue weighted by Crippen LogP contribution is -2.47.